The monoisotopic (exact) mass is 619 g/mol. The van der Waals surface area contributed by atoms with Crippen LogP contribution in [-0.4, -0.2) is 93.8 Å². The maximum Gasteiger partial charge on any atom is 0.435 e. The number of hydrogen-bond acceptors (Lipinski definition) is 9. The molecule has 0 unspecified atom stereocenters. The SMILES string of the molecule is COC(=O)[C@H](CNS(=O)(=O)c1ccc(OCc2c(C(F)(F)F)nn3ccccc23)cc1)N1CCN(S(C)(=O)=O)CC1. The lowest BCUT2D eigenvalue weighted by Gasteiger charge is -2.36. The van der Waals surface area contributed by atoms with Crippen LogP contribution in [0.15, 0.2) is 53.6 Å². The minimum Gasteiger partial charge on any atom is -0.489 e. The lowest BCUT2D eigenvalue weighted by molar-refractivity contribution is -0.147. The fourth-order valence-corrected chi connectivity index (χ4v) is 6.27. The number of esters is 1. The Morgan fingerprint density at radius 2 is 1.71 bits per heavy atom. The van der Waals surface area contributed by atoms with Gasteiger partial charge in [0.2, 0.25) is 20.0 Å². The van der Waals surface area contributed by atoms with Crippen LogP contribution in [0.3, 0.4) is 0 Å². The zero-order valence-corrected chi connectivity index (χ0v) is 23.7. The molecule has 224 valence electrons. The summed E-state index contributed by atoms with van der Waals surface area (Å²) in [5.41, 5.74) is -1.02. The standard InChI is InChI=1S/C24H28F3N5O7S2/c1-38-23(33)21(30-11-13-31(14-12-30)40(2,34)35)15-28-41(36,37)18-8-6-17(7-9-18)39-16-19-20-5-3-4-10-32(20)29-22(19)24(25,26)27/h3-10,21,28H,11-16H2,1-2H3/t21-/m0/s1. The van der Waals surface area contributed by atoms with Crippen LogP contribution in [0.2, 0.25) is 0 Å². The van der Waals surface area contributed by atoms with Crippen LogP contribution in [0.5, 0.6) is 5.75 Å². The first-order valence-electron chi connectivity index (χ1n) is 12.2. The van der Waals surface area contributed by atoms with E-state index < -0.39 is 50.5 Å². The molecule has 17 heteroatoms. The van der Waals surface area contributed by atoms with Gasteiger partial charge in [-0.05, 0) is 36.4 Å². The Morgan fingerprint density at radius 3 is 2.29 bits per heavy atom. The summed E-state index contributed by atoms with van der Waals surface area (Å²) in [6.45, 7) is -0.117. The number of aromatic nitrogens is 2. The summed E-state index contributed by atoms with van der Waals surface area (Å²) < 4.78 is 105. The quantitative estimate of drug-likeness (QED) is 0.333. The van der Waals surface area contributed by atoms with Gasteiger partial charge in [-0.15, -0.1) is 0 Å². The second kappa shape index (κ2) is 11.9. The Balaban J connectivity index is 1.42. The number of nitrogens with zero attached hydrogens (tertiary/aromatic N) is 4. The number of carbonyl (C=O) groups is 1. The molecule has 12 nitrogen and oxygen atoms in total. The largest absolute Gasteiger partial charge is 0.489 e. The van der Waals surface area contributed by atoms with Gasteiger partial charge in [0.25, 0.3) is 0 Å². The van der Waals surface area contributed by atoms with Crippen LogP contribution in [0.1, 0.15) is 11.3 Å². The van der Waals surface area contributed by atoms with Crippen molar-refractivity contribution in [2.24, 2.45) is 0 Å². The number of sulfonamides is 2. The van der Waals surface area contributed by atoms with Crippen LogP contribution in [0.25, 0.3) is 5.52 Å². The third-order valence-corrected chi connectivity index (χ3v) is 9.29. The molecule has 0 aliphatic carbocycles. The number of benzene rings is 1. The Hall–Kier alpha value is -3.25. The van der Waals surface area contributed by atoms with Gasteiger partial charge in [0.05, 0.1) is 23.8 Å². The van der Waals surface area contributed by atoms with Crippen LogP contribution >= 0.6 is 0 Å². The molecule has 41 heavy (non-hydrogen) atoms. The van der Waals surface area contributed by atoms with E-state index in [-0.39, 0.29) is 54.4 Å². The molecule has 0 bridgehead atoms. The van der Waals surface area contributed by atoms with E-state index in [0.29, 0.717) is 0 Å². The van der Waals surface area contributed by atoms with E-state index in [9.17, 15) is 34.8 Å². The predicted molar refractivity (Wildman–Crippen MR) is 140 cm³/mol. The molecule has 3 heterocycles. The second-order valence-electron chi connectivity index (χ2n) is 9.20. The number of piperazine rings is 1. The topological polar surface area (TPSA) is 140 Å². The van der Waals surface area contributed by atoms with Crippen LogP contribution < -0.4 is 9.46 Å². The van der Waals surface area contributed by atoms with Crippen molar-refractivity contribution in [1.82, 2.24) is 23.5 Å². The first-order valence-corrected chi connectivity index (χ1v) is 15.6. The lowest BCUT2D eigenvalue weighted by Crippen LogP contribution is -2.56. The summed E-state index contributed by atoms with van der Waals surface area (Å²) in [6.07, 6.45) is -2.22. The Bertz CT molecular complexity index is 1600. The molecule has 0 amide bonds. The Kier molecular flexibility index (Phi) is 8.93. The summed E-state index contributed by atoms with van der Waals surface area (Å²) in [5, 5.41) is 3.60. The number of pyridine rings is 1. The van der Waals surface area contributed by atoms with Gasteiger partial charge in [0.1, 0.15) is 18.4 Å². The zero-order chi connectivity index (χ0) is 30.0. The molecule has 1 fully saturated rings. The van der Waals surface area contributed by atoms with Gasteiger partial charge in [-0.3, -0.25) is 9.69 Å². The number of hydrogen-bond donors (Lipinski definition) is 1. The maximum atomic E-state index is 13.5. The number of ether oxygens (including phenoxy) is 2. The van der Waals surface area contributed by atoms with Crippen molar-refractivity contribution >= 4 is 31.5 Å². The molecule has 2 aromatic heterocycles. The first-order chi connectivity index (χ1) is 19.2. The number of rotatable bonds is 10. The van der Waals surface area contributed by atoms with E-state index in [1.165, 1.54) is 47.9 Å². The molecule has 1 N–H and O–H groups in total. The molecule has 0 radical (unpaired) electrons. The highest BCUT2D eigenvalue weighted by atomic mass is 32.2. The zero-order valence-electron chi connectivity index (χ0n) is 22.0. The van der Waals surface area contributed by atoms with E-state index in [1.807, 2.05) is 0 Å². The minimum absolute atomic E-state index is 0.128. The van der Waals surface area contributed by atoms with Gasteiger partial charge in [-0.1, -0.05) is 6.07 Å². The van der Waals surface area contributed by atoms with Gasteiger partial charge in [0.15, 0.2) is 5.69 Å². The molecule has 1 aliphatic heterocycles. The summed E-state index contributed by atoms with van der Waals surface area (Å²) in [5.74, 6) is -0.557. The molecule has 1 aromatic carbocycles. The van der Waals surface area contributed by atoms with Gasteiger partial charge in [-0.25, -0.2) is 26.1 Å². The smallest absolute Gasteiger partial charge is 0.435 e. The van der Waals surface area contributed by atoms with Crippen molar-refractivity contribution in [2.75, 3.05) is 46.1 Å². The van der Waals surface area contributed by atoms with E-state index in [2.05, 4.69) is 9.82 Å². The Labute approximate surface area is 234 Å². The van der Waals surface area contributed by atoms with Gasteiger partial charge >= 0.3 is 12.1 Å². The average Bonchev–Trinajstić information content (AvgIpc) is 3.31. The van der Waals surface area contributed by atoms with Crippen molar-refractivity contribution in [3.8, 4) is 5.75 Å². The summed E-state index contributed by atoms with van der Waals surface area (Å²) in [4.78, 5) is 13.9. The van der Waals surface area contributed by atoms with Crippen molar-refractivity contribution in [1.29, 1.82) is 0 Å². The van der Waals surface area contributed by atoms with Crippen molar-refractivity contribution in [2.45, 2.75) is 23.7 Å². The molecular formula is C24H28F3N5O7S2. The average molecular weight is 620 g/mol. The predicted octanol–water partition coefficient (Wildman–Crippen LogP) is 1.33. The second-order valence-corrected chi connectivity index (χ2v) is 13.0. The molecule has 0 spiro atoms. The summed E-state index contributed by atoms with van der Waals surface area (Å²) >= 11 is 0. The number of methoxy groups -OCH3 is 1. The summed E-state index contributed by atoms with van der Waals surface area (Å²) in [6, 6.07) is 8.65. The maximum absolute atomic E-state index is 13.5. The normalized spacial score (nSPS) is 16.5. The highest BCUT2D eigenvalue weighted by Crippen LogP contribution is 2.33. The van der Waals surface area contributed by atoms with Crippen LogP contribution in [0.4, 0.5) is 13.2 Å². The van der Waals surface area contributed by atoms with E-state index in [0.717, 1.165) is 10.8 Å². The van der Waals surface area contributed by atoms with Gasteiger partial charge in [0, 0.05) is 44.5 Å². The molecule has 0 saturated carbocycles. The highest BCUT2D eigenvalue weighted by Gasteiger charge is 2.38. The lowest BCUT2D eigenvalue weighted by atomic mass is 10.2. The number of nitrogens with one attached hydrogen (secondary N) is 1. The molecule has 1 aliphatic rings. The van der Waals surface area contributed by atoms with Crippen molar-refractivity contribution in [3.05, 3.63) is 59.9 Å². The molecule has 3 aromatic rings. The van der Waals surface area contributed by atoms with Crippen LogP contribution in [-0.2, 0) is 42.4 Å². The van der Waals surface area contributed by atoms with E-state index >= 15 is 0 Å². The first kappa shape index (κ1) is 30.7. The number of carbonyl (C=O) groups excluding carboxylic acids is 1. The molecule has 1 saturated heterocycles. The fourth-order valence-electron chi connectivity index (χ4n) is 4.41. The summed E-state index contributed by atoms with van der Waals surface area (Å²) in [7, 11) is -6.34. The third-order valence-electron chi connectivity index (χ3n) is 6.55. The molecule has 4 rings (SSSR count). The van der Waals surface area contributed by atoms with Gasteiger partial charge in [-0.2, -0.15) is 22.6 Å². The van der Waals surface area contributed by atoms with E-state index in [4.69, 9.17) is 9.47 Å². The number of fused-ring (bicyclic) bond motifs is 1. The fraction of sp³-hybridized carbons (Fsp3) is 0.417. The minimum atomic E-state index is -4.70. The van der Waals surface area contributed by atoms with Crippen LogP contribution in [0, 0.1) is 0 Å². The van der Waals surface area contributed by atoms with Crippen molar-refractivity contribution < 1.29 is 44.3 Å². The van der Waals surface area contributed by atoms with Crippen molar-refractivity contribution in [3.63, 3.8) is 0 Å². The third kappa shape index (κ3) is 7.16. The molecule has 1 atom stereocenters. The van der Waals surface area contributed by atoms with Gasteiger partial charge < -0.3 is 9.47 Å². The molecular weight excluding hydrogens is 591 g/mol. The number of halogens is 3. The Morgan fingerprint density at radius 1 is 1.05 bits per heavy atom. The van der Waals surface area contributed by atoms with E-state index in [1.54, 1.807) is 17.0 Å². The number of alkyl halides is 3. The highest BCUT2D eigenvalue weighted by molar-refractivity contribution is 7.89.